The topological polar surface area (TPSA) is 95.5 Å². The molecule has 1 fully saturated rings. The monoisotopic (exact) mass is 285 g/mol. The summed E-state index contributed by atoms with van der Waals surface area (Å²) in [6.07, 6.45) is 2.47. The molecule has 1 N–H and O–H groups in total. The summed E-state index contributed by atoms with van der Waals surface area (Å²) in [4.78, 5) is 20.8. The Kier molecular flexibility index (Phi) is 3.67. The summed E-state index contributed by atoms with van der Waals surface area (Å²) in [6, 6.07) is 0. The Labute approximate surface area is 111 Å². The summed E-state index contributed by atoms with van der Waals surface area (Å²) in [5, 5.41) is 2.71. The molecule has 9 heteroatoms. The van der Waals surface area contributed by atoms with Crippen LogP contribution in [0.15, 0.2) is 17.3 Å². The number of anilines is 1. The number of amides is 1. The van der Waals surface area contributed by atoms with E-state index in [-0.39, 0.29) is 23.9 Å². The molecule has 0 spiro atoms. The molecule has 1 aliphatic rings. The minimum absolute atomic E-state index is 0.0103. The van der Waals surface area contributed by atoms with Gasteiger partial charge in [-0.15, -0.1) is 0 Å². The number of rotatable bonds is 3. The first kappa shape index (κ1) is 13.7. The molecule has 0 saturated carbocycles. The lowest BCUT2D eigenvalue weighted by Gasteiger charge is -2.30. The van der Waals surface area contributed by atoms with E-state index in [0.717, 1.165) is 4.31 Å². The van der Waals surface area contributed by atoms with Crippen LogP contribution in [0.5, 0.6) is 0 Å². The smallest absolute Gasteiger partial charge is 0.246 e. The Morgan fingerprint density at radius 1 is 1.26 bits per heavy atom. The molecule has 104 valence electrons. The van der Waals surface area contributed by atoms with Crippen LogP contribution in [0.25, 0.3) is 0 Å². The number of hydrogen-bond donors (Lipinski definition) is 1. The largest absolute Gasteiger partial charge is 0.357 e. The summed E-state index contributed by atoms with van der Waals surface area (Å²) in [5.41, 5.74) is 0. The van der Waals surface area contributed by atoms with Gasteiger partial charge in [0.25, 0.3) is 0 Å². The minimum Gasteiger partial charge on any atom is -0.357 e. The van der Waals surface area contributed by atoms with Crippen LogP contribution in [0, 0.1) is 0 Å². The van der Waals surface area contributed by atoms with Crippen molar-refractivity contribution >= 4 is 21.9 Å². The molecule has 0 bridgehead atoms. The summed E-state index contributed by atoms with van der Waals surface area (Å²) < 4.78 is 25.7. The van der Waals surface area contributed by atoms with Gasteiger partial charge in [0, 0.05) is 27.2 Å². The number of likely N-dealkylation sites (N-methyl/N-ethyl adjacent to an activating group) is 1. The Morgan fingerprint density at radius 2 is 1.89 bits per heavy atom. The lowest BCUT2D eigenvalue weighted by atomic mass is 10.4. The van der Waals surface area contributed by atoms with Gasteiger partial charge in [0.05, 0.1) is 18.9 Å². The van der Waals surface area contributed by atoms with Gasteiger partial charge in [-0.3, -0.25) is 4.79 Å². The molecule has 1 amide bonds. The van der Waals surface area contributed by atoms with Crippen LogP contribution in [0.1, 0.15) is 0 Å². The number of carbonyl (C=O) groups is 1. The van der Waals surface area contributed by atoms with Gasteiger partial charge in [0.2, 0.25) is 21.9 Å². The molecule has 1 aromatic heterocycles. The van der Waals surface area contributed by atoms with Crippen molar-refractivity contribution in [1.29, 1.82) is 0 Å². The van der Waals surface area contributed by atoms with E-state index in [1.54, 1.807) is 14.1 Å². The lowest BCUT2D eigenvalue weighted by Crippen LogP contribution is -2.50. The van der Waals surface area contributed by atoms with Gasteiger partial charge in [-0.2, -0.15) is 4.31 Å². The van der Waals surface area contributed by atoms with Gasteiger partial charge in [-0.25, -0.2) is 18.4 Å². The first-order valence-corrected chi connectivity index (χ1v) is 7.13. The average Bonchev–Trinajstić information content (AvgIpc) is 2.41. The lowest BCUT2D eigenvalue weighted by molar-refractivity contribution is -0.132. The van der Waals surface area contributed by atoms with Gasteiger partial charge in [0.1, 0.15) is 4.90 Å². The highest BCUT2D eigenvalue weighted by Crippen LogP contribution is 2.16. The molecule has 1 saturated heterocycles. The summed E-state index contributed by atoms with van der Waals surface area (Å²) in [5.74, 6) is 0.121. The summed E-state index contributed by atoms with van der Waals surface area (Å²) >= 11 is 0. The molecular weight excluding hydrogens is 270 g/mol. The third-order valence-electron chi connectivity index (χ3n) is 2.91. The number of hydrogen-bond acceptors (Lipinski definition) is 6. The Balaban J connectivity index is 2.24. The predicted molar refractivity (Wildman–Crippen MR) is 68.0 cm³/mol. The quantitative estimate of drug-likeness (QED) is 0.764. The number of aromatic nitrogens is 2. The van der Waals surface area contributed by atoms with Crippen LogP contribution in [-0.4, -0.2) is 67.2 Å². The molecule has 1 aliphatic heterocycles. The van der Waals surface area contributed by atoms with Crippen molar-refractivity contribution < 1.29 is 13.2 Å². The third kappa shape index (κ3) is 2.66. The van der Waals surface area contributed by atoms with Crippen molar-refractivity contribution in [2.24, 2.45) is 0 Å². The fourth-order valence-electron chi connectivity index (χ4n) is 1.67. The highest BCUT2D eigenvalue weighted by Gasteiger charge is 2.31. The van der Waals surface area contributed by atoms with Crippen molar-refractivity contribution in [2.45, 2.75) is 4.90 Å². The van der Waals surface area contributed by atoms with Crippen LogP contribution in [-0.2, 0) is 14.8 Å². The molecular formula is C10H15N5O3S. The van der Waals surface area contributed by atoms with E-state index >= 15 is 0 Å². The van der Waals surface area contributed by atoms with E-state index < -0.39 is 10.0 Å². The first-order chi connectivity index (χ1) is 8.95. The van der Waals surface area contributed by atoms with Gasteiger partial charge in [-0.05, 0) is 0 Å². The van der Waals surface area contributed by atoms with Crippen LogP contribution >= 0.6 is 0 Å². The van der Waals surface area contributed by atoms with E-state index in [4.69, 9.17) is 0 Å². The SMILES string of the molecule is CNc1ncc(S(=O)(=O)N2CCN(C)C(=O)C2)cn1. The minimum atomic E-state index is -3.71. The summed E-state index contributed by atoms with van der Waals surface area (Å²) in [6.45, 7) is 0.512. The van der Waals surface area contributed by atoms with Crippen molar-refractivity contribution in [3.63, 3.8) is 0 Å². The van der Waals surface area contributed by atoms with Crippen molar-refractivity contribution in [1.82, 2.24) is 19.2 Å². The Hall–Kier alpha value is -1.74. The first-order valence-electron chi connectivity index (χ1n) is 5.69. The number of carbonyl (C=O) groups excluding carboxylic acids is 1. The average molecular weight is 285 g/mol. The van der Waals surface area contributed by atoms with E-state index in [1.807, 2.05) is 0 Å². The van der Waals surface area contributed by atoms with Gasteiger partial charge < -0.3 is 10.2 Å². The predicted octanol–water partition coefficient (Wildman–Crippen LogP) is -1.02. The fourth-order valence-corrected chi connectivity index (χ4v) is 2.94. The van der Waals surface area contributed by atoms with Crippen molar-refractivity contribution in [3.8, 4) is 0 Å². The molecule has 1 aromatic rings. The molecule has 19 heavy (non-hydrogen) atoms. The molecule has 0 radical (unpaired) electrons. The Bertz CT molecular complexity index is 571. The van der Waals surface area contributed by atoms with E-state index in [9.17, 15) is 13.2 Å². The molecule has 0 aliphatic carbocycles. The molecule has 0 aromatic carbocycles. The highest BCUT2D eigenvalue weighted by atomic mass is 32.2. The number of nitrogens with zero attached hydrogens (tertiary/aromatic N) is 4. The zero-order valence-electron chi connectivity index (χ0n) is 10.7. The van der Waals surface area contributed by atoms with Crippen LogP contribution in [0.4, 0.5) is 5.95 Å². The number of piperazine rings is 1. The molecule has 8 nitrogen and oxygen atoms in total. The van der Waals surface area contributed by atoms with Gasteiger partial charge in [-0.1, -0.05) is 0 Å². The standard InChI is InChI=1S/C10H15N5O3S/c1-11-10-12-5-8(6-13-10)19(17,18)15-4-3-14(2)9(16)7-15/h5-6H,3-4,7H2,1-2H3,(H,11,12,13). The zero-order valence-corrected chi connectivity index (χ0v) is 11.5. The second-order valence-electron chi connectivity index (χ2n) is 4.15. The second-order valence-corrected chi connectivity index (χ2v) is 6.08. The van der Waals surface area contributed by atoms with Crippen LogP contribution in [0.3, 0.4) is 0 Å². The maximum absolute atomic E-state index is 12.3. The third-order valence-corrected chi connectivity index (χ3v) is 4.71. The molecule has 2 heterocycles. The van der Waals surface area contributed by atoms with Gasteiger partial charge >= 0.3 is 0 Å². The van der Waals surface area contributed by atoms with Crippen molar-refractivity contribution in [2.75, 3.05) is 39.0 Å². The summed E-state index contributed by atoms with van der Waals surface area (Å²) in [7, 11) is -0.419. The maximum Gasteiger partial charge on any atom is 0.246 e. The van der Waals surface area contributed by atoms with Crippen molar-refractivity contribution in [3.05, 3.63) is 12.4 Å². The Morgan fingerprint density at radius 3 is 2.42 bits per heavy atom. The fraction of sp³-hybridized carbons (Fsp3) is 0.500. The number of nitrogens with one attached hydrogen (secondary N) is 1. The van der Waals surface area contributed by atoms with Crippen LogP contribution < -0.4 is 5.32 Å². The molecule has 0 unspecified atom stereocenters. The molecule has 2 rings (SSSR count). The second kappa shape index (κ2) is 5.10. The van der Waals surface area contributed by atoms with E-state index in [0.29, 0.717) is 12.5 Å². The highest BCUT2D eigenvalue weighted by molar-refractivity contribution is 7.89. The zero-order chi connectivity index (χ0) is 14.0. The normalized spacial score (nSPS) is 17.6. The molecule has 0 atom stereocenters. The number of sulfonamides is 1. The van der Waals surface area contributed by atoms with Gasteiger partial charge in [0.15, 0.2) is 0 Å². The van der Waals surface area contributed by atoms with Crippen LogP contribution in [0.2, 0.25) is 0 Å². The maximum atomic E-state index is 12.3. The van der Waals surface area contributed by atoms with E-state index in [1.165, 1.54) is 17.3 Å². The van der Waals surface area contributed by atoms with E-state index in [2.05, 4.69) is 15.3 Å².